The quantitative estimate of drug-likeness (QED) is 0.338. The van der Waals surface area contributed by atoms with E-state index < -0.39 is 0 Å². The third-order valence-corrected chi connectivity index (χ3v) is 8.09. The van der Waals surface area contributed by atoms with Crippen LogP contribution in [0.2, 0.25) is 0 Å². The summed E-state index contributed by atoms with van der Waals surface area (Å²) >= 11 is 0. The second kappa shape index (κ2) is 7.26. The Morgan fingerprint density at radius 2 is 1.05 bits per heavy atom. The molecule has 0 unspecified atom stereocenters. The molecule has 0 radical (unpaired) electrons. The van der Waals surface area contributed by atoms with Crippen molar-refractivity contribution in [2.75, 3.05) is 0 Å². The number of imidazole rings is 2. The number of nitrogens with zero attached hydrogens (tertiary/aromatic N) is 7. The molecule has 0 saturated heterocycles. The van der Waals surface area contributed by atoms with Crippen molar-refractivity contribution in [3.8, 4) is 33.9 Å². The molecule has 2 aliphatic heterocycles. The molecule has 0 bridgehead atoms. The highest BCUT2D eigenvalue weighted by molar-refractivity contribution is 6.99. The zero-order valence-corrected chi connectivity index (χ0v) is 21.3. The number of benzene rings is 2. The molecule has 8 heteroatoms. The molecule has 0 atom stereocenters. The molecule has 2 aliphatic rings. The summed E-state index contributed by atoms with van der Waals surface area (Å²) in [5.74, 6) is 0. The van der Waals surface area contributed by atoms with Crippen LogP contribution in [0.4, 0.5) is 0 Å². The predicted octanol–water partition coefficient (Wildman–Crippen LogP) is 3.64. The number of fused-ring (bicyclic) bond motifs is 4. The van der Waals surface area contributed by atoms with Crippen LogP contribution in [0.3, 0.4) is 0 Å². The van der Waals surface area contributed by atoms with Gasteiger partial charge < -0.3 is 0 Å². The van der Waals surface area contributed by atoms with Crippen molar-refractivity contribution in [1.29, 1.82) is 0 Å². The molecule has 7 aromatic rings. The van der Waals surface area contributed by atoms with Gasteiger partial charge in [0, 0.05) is 22.3 Å². The first-order chi connectivity index (χ1) is 19.2. The molecule has 0 fully saturated rings. The summed E-state index contributed by atoms with van der Waals surface area (Å²) in [5, 5.41) is 0. The minimum Gasteiger partial charge on any atom is -0.296 e. The highest BCUT2D eigenvalue weighted by atomic mass is 15.1. The molecule has 0 aliphatic carbocycles. The van der Waals surface area contributed by atoms with Gasteiger partial charge in [-0.15, -0.1) is 0 Å². The minimum atomic E-state index is -0.180. The highest BCUT2D eigenvalue weighted by Crippen LogP contribution is 2.33. The molecule has 5 aromatic heterocycles. The lowest BCUT2D eigenvalue weighted by Crippen LogP contribution is -2.62. The zero-order chi connectivity index (χ0) is 25.8. The average Bonchev–Trinajstić information content (AvgIpc) is 3.59. The van der Waals surface area contributed by atoms with Gasteiger partial charge in [-0.25, -0.2) is 9.97 Å². The van der Waals surface area contributed by atoms with Gasteiger partial charge in [0.05, 0.1) is 56.2 Å². The fraction of sp³-hybridized carbons (Fsp3) is 0.0645. The summed E-state index contributed by atoms with van der Waals surface area (Å²) in [4.78, 5) is 25.4. The van der Waals surface area contributed by atoms with Gasteiger partial charge in [0.2, 0.25) is 0 Å². The molecule has 0 spiro atoms. The fourth-order valence-electron chi connectivity index (χ4n) is 6.53. The summed E-state index contributed by atoms with van der Waals surface area (Å²) in [6.07, 6.45) is 3.82. The van der Waals surface area contributed by atoms with Gasteiger partial charge in [-0.3, -0.25) is 24.1 Å². The summed E-state index contributed by atoms with van der Waals surface area (Å²) < 4.78 is 4.34. The van der Waals surface area contributed by atoms with Crippen molar-refractivity contribution < 1.29 is 0 Å². The van der Waals surface area contributed by atoms with Crippen molar-refractivity contribution in [1.82, 2.24) is 34.1 Å². The Bertz CT molecular complexity index is 2000. The van der Waals surface area contributed by atoms with Crippen molar-refractivity contribution >= 4 is 45.4 Å². The summed E-state index contributed by atoms with van der Waals surface area (Å²) in [6, 6.07) is 24.8. The van der Waals surface area contributed by atoms with Gasteiger partial charge >= 0.3 is 0 Å². The van der Waals surface area contributed by atoms with E-state index in [-0.39, 0.29) is 6.71 Å². The largest absolute Gasteiger partial charge is 0.298 e. The molecule has 0 N–H and O–H groups in total. The third kappa shape index (κ3) is 2.65. The topological polar surface area (TPSA) is 74.3 Å². The van der Waals surface area contributed by atoms with Gasteiger partial charge in [-0.05, 0) is 31.4 Å². The standard InChI is InChI=1S/C31H20BN7/c1-17-26-25-27(18(2)35-17)39-16-34-24-14-22(20-11-7-4-8-12-20)37-31(29(24)39)32(25)30-28-23(33-15-38(26)28)13-21(36-30)19-9-5-3-6-10-19/h3-16H,1-2H3. The van der Waals surface area contributed by atoms with E-state index in [2.05, 4.69) is 59.4 Å². The maximum absolute atomic E-state index is 5.36. The Morgan fingerprint density at radius 3 is 1.51 bits per heavy atom. The number of aryl methyl sites for hydroxylation is 2. The van der Waals surface area contributed by atoms with Crippen LogP contribution in [-0.4, -0.2) is 40.8 Å². The van der Waals surface area contributed by atoms with Gasteiger partial charge in [-0.1, -0.05) is 60.7 Å². The van der Waals surface area contributed by atoms with Crippen molar-refractivity contribution in [2.45, 2.75) is 13.8 Å². The van der Waals surface area contributed by atoms with E-state index >= 15 is 0 Å². The number of aromatic nitrogens is 7. The maximum Gasteiger partial charge on any atom is 0.298 e. The molecule has 7 nitrogen and oxygen atoms in total. The second-order valence-corrected chi connectivity index (χ2v) is 10.3. The first kappa shape index (κ1) is 20.9. The monoisotopic (exact) mass is 501 g/mol. The summed E-state index contributed by atoms with van der Waals surface area (Å²) in [5.41, 5.74) is 15.0. The molecule has 2 aromatic carbocycles. The van der Waals surface area contributed by atoms with E-state index in [1.165, 1.54) is 0 Å². The van der Waals surface area contributed by atoms with Crippen LogP contribution >= 0.6 is 0 Å². The van der Waals surface area contributed by atoms with Crippen LogP contribution in [0.15, 0.2) is 85.5 Å². The summed E-state index contributed by atoms with van der Waals surface area (Å²) in [7, 11) is 0. The highest BCUT2D eigenvalue weighted by Gasteiger charge is 2.44. The fourth-order valence-corrected chi connectivity index (χ4v) is 6.53. The first-order valence-corrected chi connectivity index (χ1v) is 13.1. The van der Waals surface area contributed by atoms with Crippen LogP contribution in [-0.2, 0) is 0 Å². The third-order valence-electron chi connectivity index (χ3n) is 8.09. The molecular formula is C31H20BN7. The molecular weight excluding hydrogens is 481 g/mol. The van der Waals surface area contributed by atoms with Gasteiger partial charge in [0.1, 0.15) is 12.7 Å². The Morgan fingerprint density at radius 1 is 0.590 bits per heavy atom. The van der Waals surface area contributed by atoms with Crippen molar-refractivity contribution in [3.05, 3.63) is 96.8 Å². The SMILES string of the molecule is Cc1nc(C)c2c3c1-n1cnc4cc(-c5ccccc5)nc(c41)B3c1nc(-c3ccccc3)cc3ncn-2c13. The molecule has 0 saturated carbocycles. The van der Waals surface area contributed by atoms with Crippen molar-refractivity contribution in [2.24, 2.45) is 0 Å². The minimum absolute atomic E-state index is 0.180. The van der Waals surface area contributed by atoms with Crippen LogP contribution in [0.25, 0.3) is 56.0 Å². The lowest BCUT2D eigenvalue weighted by atomic mass is 9.37. The lowest BCUT2D eigenvalue weighted by Gasteiger charge is -2.32. The maximum atomic E-state index is 5.36. The number of rotatable bonds is 2. The Hall–Kier alpha value is -5.11. The van der Waals surface area contributed by atoms with E-state index in [1.807, 2.05) is 49.1 Å². The Balaban J connectivity index is 1.45. The van der Waals surface area contributed by atoms with Gasteiger partial charge in [-0.2, -0.15) is 0 Å². The Labute approximate surface area is 224 Å². The molecule has 182 valence electrons. The van der Waals surface area contributed by atoms with E-state index in [1.54, 1.807) is 0 Å². The zero-order valence-electron chi connectivity index (χ0n) is 21.3. The molecule has 0 amide bonds. The lowest BCUT2D eigenvalue weighted by molar-refractivity contribution is 0.975. The second-order valence-electron chi connectivity index (χ2n) is 10.3. The average molecular weight is 501 g/mol. The number of hydrogen-bond donors (Lipinski definition) is 0. The van der Waals surface area contributed by atoms with Crippen LogP contribution in [0.5, 0.6) is 0 Å². The first-order valence-electron chi connectivity index (χ1n) is 13.1. The summed E-state index contributed by atoms with van der Waals surface area (Å²) in [6.45, 7) is 3.98. The molecule has 39 heavy (non-hydrogen) atoms. The predicted molar refractivity (Wildman–Crippen MR) is 154 cm³/mol. The van der Waals surface area contributed by atoms with Gasteiger partial charge in [0.25, 0.3) is 6.71 Å². The van der Waals surface area contributed by atoms with Crippen LogP contribution < -0.4 is 16.6 Å². The normalized spacial score (nSPS) is 12.8. The van der Waals surface area contributed by atoms with Crippen LogP contribution in [0, 0.1) is 13.8 Å². The van der Waals surface area contributed by atoms with Crippen LogP contribution in [0.1, 0.15) is 11.4 Å². The number of hydrogen-bond acceptors (Lipinski definition) is 5. The van der Waals surface area contributed by atoms with E-state index in [0.717, 1.165) is 84.0 Å². The van der Waals surface area contributed by atoms with Gasteiger partial charge in [0.15, 0.2) is 0 Å². The van der Waals surface area contributed by atoms with Crippen molar-refractivity contribution in [3.63, 3.8) is 0 Å². The van der Waals surface area contributed by atoms with E-state index in [9.17, 15) is 0 Å². The van der Waals surface area contributed by atoms with E-state index in [0.29, 0.717) is 0 Å². The molecule has 9 rings (SSSR count). The van der Waals surface area contributed by atoms with E-state index in [4.69, 9.17) is 24.9 Å². The molecule has 7 heterocycles. The smallest absolute Gasteiger partial charge is 0.296 e. The number of pyridine rings is 3. The Kier molecular flexibility index (Phi) is 3.89.